The quantitative estimate of drug-likeness (QED) is 0.733. The van der Waals surface area contributed by atoms with Crippen LogP contribution in [0.4, 0.5) is 0 Å². The number of nitrogens with one attached hydrogen (secondary N) is 2. The van der Waals surface area contributed by atoms with Crippen molar-refractivity contribution >= 4 is 41.8 Å². The SMILES string of the molecule is Cl.Cl.O=C(CC1CC2CCC(C1)N2)NCCCn1cnc2ccccc21. The Morgan fingerprint density at radius 1 is 1.19 bits per heavy atom. The topological polar surface area (TPSA) is 59.0 Å². The number of aromatic nitrogens is 2. The van der Waals surface area contributed by atoms with Crippen LogP contribution in [0.3, 0.4) is 0 Å². The van der Waals surface area contributed by atoms with Crippen molar-refractivity contribution in [1.29, 1.82) is 0 Å². The smallest absolute Gasteiger partial charge is 0.220 e. The number of hydrogen-bond acceptors (Lipinski definition) is 3. The fraction of sp³-hybridized carbons (Fsp3) is 0.579. The highest BCUT2D eigenvalue weighted by Crippen LogP contribution is 2.32. The molecule has 0 spiro atoms. The van der Waals surface area contributed by atoms with Crippen molar-refractivity contribution in [3.63, 3.8) is 0 Å². The summed E-state index contributed by atoms with van der Waals surface area (Å²) in [5.74, 6) is 0.790. The van der Waals surface area contributed by atoms with Crippen molar-refractivity contribution in [1.82, 2.24) is 20.2 Å². The zero-order valence-corrected chi connectivity index (χ0v) is 16.5. The molecule has 144 valence electrons. The summed E-state index contributed by atoms with van der Waals surface area (Å²) in [7, 11) is 0. The molecular formula is C19H28Cl2N4O. The van der Waals surface area contributed by atoms with E-state index in [1.54, 1.807) is 0 Å². The molecule has 2 aromatic rings. The summed E-state index contributed by atoms with van der Waals surface area (Å²) >= 11 is 0. The molecule has 2 saturated heterocycles. The molecular weight excluding hydrogens is 371 g/mol. The Morgan fingerprint density at radius 2 is 1.92 bits per heavy atom. The number of carbonyl (C=O) groups excluding carboxylic acids is 1. The monoisotopic (exact) mass is 398 g/mol. The second kappa shape index (κ2) is 9.58. The molecule has 0 radical (unpaired) electrons. The minimum absolute atomic E-state index is 0. The van der Waals surface area contributed by atoms with Crippen molar-refractivity contribution in [3.05, 3.63) is 30.6 Å². The molecule has 1 aromatic carbocycles. The van der Waals surface area contributed by atoms with Gasteiger partial charge >= 0.3 is 0 Å². The zero-order chi connectivity index (χ0) is 16.4. The Bertz CT molecular complexity index is 708. The summed E-state index contributed by atoms with van der Waals surface area (Å²) in [4.78, 5) is 16.6. The minimum Gasteiger partial charge on any atom is -0.356 e. The van der Waals surface area contributed by atoms with E-state index < -0.39 is 0 Å². The maximum absolute atomic E-state index is 12.2. The van der Waals surface area contributed by atoms with Gasteiger partial charge in [-0.25, -0.2) is 4.98 Å². The van der Waals surface area contributed by atoms with Gasteiger partial charge in [-0.1, -0.05) is 12.1 Å². The number of carbonyl (C=O) groups is 1. The molecule has 1 aromatic heterocycles. The second-order valence-corrected chi connectivity index (χ2v) is 7.31. The number of rotatable bonds is 6. The summed E-state index contributed by atoms with van der Waals surface area (Å²) in [6.45, 7) is 1.63. The normalized spacial score (nSPS) is 23.9. The molecule has 26 heavy (non-hydrogen) atoms. The molecule has 4 rings (SSSR count). The summed E-state index contributed by atoms with van der Waals surface area (Å²) in [5.41, 5.74) is 2.19. The molecule has 2 bridgehead atoms. The molecule has 0 saturated carbocycles. The largest absolute Gasteiger partial charge is 0.356 e. The number of imidazole rings is 1. The zero-order valence-electron chi connectivity index (χ0n) is 14.9. The molecule has 2 aliphatic heterocycles. The van der Waals surface area contributed by atoms with Gasteiger partial charge in [0.05, 0.1) is 17.4 Å². The maximum Gasteiger partial charge on any atom is 0.220 e. The third-order valence-electron chi connectivity index (χ3n) is 5.47. The van der Waals surface area contributed by atoms with Crippen molar-refractivity contribution in [2.75, 3.05) is 6.54 Å². The fourth-order valence-corrected chi connectivity index (χ4v) is 4.34. The van der Waals surface area contributed by atoms with Gasteiger partial charge in [0.15, 0.2) is 0 Å². The number of aryl methyl sites for hydroxylation is 1. The standard InChI is InChI=1S/C19H26N4O.2ClH/c24-19(12-14-10-15-6-7-16(11-14)22-15)20-8-3-9-23-13-21-17-4-1-2-5-18(17)23;;/h1-2,4-5,13-16,22H,3,6-12H2,(H,20,24);2*1H. The van der Waals surface area contributed by atoms with Crippen LogP contribution in [0, 0.1) is 5.92 Å². The average Bonchev–Trinajstić information content (AvgIpc) is 3.15. The predicted octanol–water partition coefficient (Wildman–Crippen LogP) is 3.31. The summed E-state index contributed by atoms with van der Waals surface area (Å²) < 4.78 is 2.16. The fourth-order valence-electron chi connectivity index (χ4n) is 4.34. The third kappa shape index (κ3) is 4.90. The van der Waals surface area contributed by atoms with Crippen LogP contribution < -0.4 is 10.6 Å². The lowest BCUT2D eigenvalue weighted by Crippen LogP contribution is -2.39. The van der Waals surface area contributed by atoms with Gasteiger partial charge in [-0.3, -0.25) is 4.79 Å². The number of fused-ring (bicyclic) bond motifs is 3. The average molecular weight is 399 g/mol. The minimum atomic E-state index is 0. The van der Waals surface area contributed by atoms with Crippen molar-refractivity contribution < 1.29 is 4.79 Å². The third-order valence-corrected chi connectivity index (χ3v) is 5.47. The van der Waals surface area contributed by atoms with E-state index in [9.17, 15) is 4.79 Å². The number of hydrogen-bond donors (Lipinski definition) is 2. The first kappa shape index (κ1) is 21.0. The van der Waals surface area contributed by atoms with E-state index in [-0.39, 0.29) is 30.7 Å². The van der Waals surface area contributed by atoms with Gasteiger partial charge in [0.1, 0.15) is 0 Å². The molecule has 2 fully saturated rings. The molecule has 2 aliphatic rings. The van der Waals surface area contributed by atoms with Crippen LogP contribution in [0.15, 0.2) is 30.6 Å². The molecule has 0 aliphatic carbocycles. The van der Waals surface area contributed by atoms with Gasteiger partial charge in [0, 0.05) is 31.6 Å². The first-order chi connectivity index (χ1) is 11.8. The first-order valence-corrected chi connectivity index (χ1v) is 9.20. The number of para-hydroxylation sites is 2. The Hall–Kier alpha value is -1.30. The Kier molecular flexibility index (Phi) is 7.74. The highest BCUT2D eigenvalue weighted by Gasteiger charge is 2.33. The van der Waals surface area contributed by atoms with Crippen molar-refractivity contribution in [2.24, 2.45) is 5.92 Å². The highest BCUT2D eigenvalue weighted by atomic mass is 35.5. The lowest BCUT2D eigenvalue weighted by Gasteiger charge is -2.28. The highest BCUT2D eigenvalue weighted by molar-refractivity contribution is 5.85. The molecule has 3 heterocycles. The Balaban J connectivity index is 0.00000121. The molecule has 2 unspecified atom stereocenters. The number of halogens is 2. The van der Waals surface area contributed by atoms with Gasteiger partial charge in [-0.05, 0) is 50.2 Å². The number of nitrogens with zero attached hydrogens (tertiary/aromatic N) is 2. The van der Waals surface area contributed by atoms with Crippen LogP contribution in [-0.4, -0.2) is 34.1 Å². The van der Waals surface area contributed by atoms with E-state index in [0.717, 1.165) is 30.5 Å². The maximum atomic E-state index is 12.2. The van der Waals surface area contributed by atoms with Crippen LogP contribution >= 0.6 is 24.8 Å². The van der Waals surface area contributed by atoms with Crippen molar-refractivity contribution in [2.45, 2.75) is 57.2 Å². The first-order valence-electron chi connectivity index (χ1n) is 9.20. The number of benzene rings is 1. The van der Waals surface area contributed by atoms with Gasteiger partial charge in [-0.15, -0.1) is 24.8 Å². The van der Waals surface area contributed by atoms with Gasteiger partial charge in [-0.2, -0.15) is 0 Å². The summed E-state index contributed by atoms with van der Waals surface area (Å²) in [6.07, 6.45) is 8.45. The molecule has 5 nitrogen and oxygen atoms in total. The number of amides is 1. The van der Waals surface area contributed by atoms with Crippen LogP contribution in [0.1, 0.15) is 38.5 Å². The van der Waals surface area contributed by atoms with Crippen LogP contribution in [0.2, 0.25) is 0 Å². The second-order valence-electron chi connectivity index (χ2n) is 7.31. The van der Waals surface area contributed by atoms with Crippen LogP contribution in [0.5, 0.6) is 0 Å². The van der Waals surface area contributed by atoms with E-state index in [1.165, 1.54) is 25.7 Å². The van der Waals surface area contributed by atoms with E-state index >= 15 is 0 Å². The number of piperidine rings is 1. The van der Waals surface area contributed by atoms with Gasteiger partial charge in [0.2, 0.25) is 5.91 Å². The van der Waals surface area contributed by atoms with Crippen LogP contribution in [-0.2, 0) is 11.3 Å². The summed E-state index contributed by atoms with van der Waals surface area (Å²) in [5, 5.41) is 6.73. The molecule has 2 atom stereocenters. The van der Waals surface area contributed by atoms with E-state index in [2.05, 4.69) is 26.3 Å². The summed E-state index contributed by atoms with van der Waals surface area (Å²) in [6, 6.07) is 9.49. The lowest BCUT2D eigenvalue weighted by atomic mass is 9.89. The Labute approximate surface area is 167 Å². The Morgan fingerprint density at radius 3 is 2.69 bits per heavy atom. The molecule has 2 N–H and O–H groups in total. The molecule has 7 heteroatoms. The molecule has 1 amide bonds. The van der Waals surface area contributed by atoms with Gasteiger partial charge < -0.3 is 15.2 Å². The van der Waals surface area contributed by atoms with Crippen LogP contribution in [0.25, 0.3) is 11.0 Å². The van der Waals surface area contributed by atoms with Crippen molar-refractivity contribution in [3.8, 4) is 0 Å². The van der Waals surface area contributed by atoms with E-state index in [1.807, 2.05) is 24.5 Å². The lowest BCUT2D eigenvalue weighted by molar-refractivity contribution is -0.122. The predicted molar refractivity (Wildman–Crippen MR) is 109 cm³/mol. The van der Waals surface area contributed by atoms with E-state index in [4.69, 9.17) is 0 Å². The van der Waals surface area contributed by atoms with E-state index in [0.29, 0.717) is 24.4 Å². The van der Waals surface area contributed by atoms with Gasteiger partial charge in [0.25, 0.3) is 0 Å².